The van der Waals surface area contributed by atoms with Gasteiger partial charge in [0, 0.05) is 24.4 Å². The lowest BCUT2D eigenvalue weighted by molar-refractivity contribution is 0.00578. The van der Waals surface area contributed by atoms with Crippen molar-refractivity contribution >= 4 is 20.2 Å². The molecule has 1 aromatic rings. The van der Waals surface area contributed by atoms with Gasteiger partial charge in [-0.25, -0.2) is 0 Å². The second-order valence-electron chi connectivity index (χ2n) is 7.66. The SMILES string of the molecule is CCC(C)OP(=O)(O)CCCn1cc(B2OC(C)(C)C(C)(C)O2)cn1. The van der Waals surface area contributed by atoms with Crippen molar-refractivity contribution in [2.75, 3.05) is 6.16 Å². The molecule has 0 aromatic carbocycles. The Morgan fingerprint density at radius 2 is 1.96 bits per heavy atom. The Labute approximate surface area is 150 Å². The van der Waals surface area contributed by atoms with E-state index < -0.39 is 25.9 Å². The zero-order valence-electron chi connectivity index (χ0n) is 16.1. The van der Waals surface area contributed by atoms with E-state index in [1.807, 2.05) is 40.8 Å². The molecule has 2 atom stereocenters. The van der Waals surface area contributed by atoms with E-state index in [-0.39, 0.29) is 12.3 Å². The molecule has 0 aliphatic carbocycles. The average Bonchev–Trinajstić information content (AvgIpc) is 3.01. The van der Waals surface area contributed by atoms with E-state index >= 15 is 0 Å². The highest BCUT2D eigenvalue weighted by Gasteiger charge is 2.52. The molecule has 9 heteroatoms. The summed E-state index contributed by atoms with van der Waals surface area (Å²) in [6.07, 6.45) is 4.70. The van der Waals surface area contributed by atoms with Crippen LogP contribution in [0.15, 0.2) is 12.4 Å². The first-order valence-electron chi connectivity index (χ1n) is 8.84. The van der Waals surface area contributed by atoms with E-state index in [0.29, 0.717) is 19.4 Å². The number of hydrogen-bond donors (Lipinski definition) is 1. The van der Waals surface area contributed by atoms with Gasteiger partial charge in [0.2, 0.25) is 0 Å². The monoisotopic (exact) mass is 372 g/mol. The van der Waals surface area contributed by atoms with Crippen molar-refractivity contribution in [3.8, 4) is 0 Å². The van der Waals surface area contributed by atoms with Crippen LogP contribution >= 0.6 is 7.60 Å². The van der Waals surface area contributed by atoms with Crippen molar-refractivity contribution in [2.24, 2.45) is 0 Å². The molecule has 0 spiro atoms. The minimum atomic E-state index is -3.54. The number of aromatic nitrogens is 2. The third-order valence-electron chi connectivity index (χ3n) is 4.93. The second kappa shape index (κ2) is 7.53. The van der Waals surface area contributed by atoms with Crippen LogP contribution in [-0.4, -0.2) is 45.3 Å². The highest BCUT2D eigenvalue weighted by Crippen LogP contribution is 2.44. The summed E-state index contributed by atoms with van der Waals surface area (Å²) >= 11 is 0. The first-order chi connectivity index (χ1) is 11.5. The van der Waals surface area contributed by atoms with E-state index in [1.54, 1.807) is 17.8 Å². The Morgan fingerprint density at radius 3 is 2.52 bits per heavy atom. The van der Waals surface area contributed by atoms with E-state index in [2.05, 4.69) is 5.10 Å². The molecule has 1 aliphatic rings. The van der Waals surface area contributed by atoms with Crippen molar-refractivity contribution in [1.29, 1.82) is 0 Å². The lowest BCUT2D eigenvalue weighted by Crippen LogP contribution is -2.41. The summed E-state index contributed by atoms with van der Waals surface area (Å²) in [6.45, 7) is 12.3. The van der Waals surface area contributed by atoms with Crippen molar-refractivity contribution < 1.29 is 23.3 Å². The smallest absolute Gasteiger partial charge is 0.399 e. The minimum Gasteiger partial charge on any atom is -0.399 e. The lowest BCUT2D eigenvalue weighted by Gasteiger charge is -2.32. The van der Waals surface area contributed by atoms with Crippen molar-refractivity contribution in [2.45, 2.75) is 78.2 Å². The topological polar surface area (TPSA) is 82.8 Å². The summed E-state index contributed by atoms with van der Waals surface area (Å²) in [6, 6.07) is 0. The van der Waals surface area contributed by atoms with Crippen LogP contribution in [0.2, 0.25) is 0 Å². The van der Waals surface area contributed by atoms with Crippen LogP contribution in [0.25, 0.3) is 0 Å². The van der Waals surface area contributed by atoms with Crippen molar-refractivity contribution in [3.05, 3.63) is 12.4 Å². The predicted octanol–water partition coefficient (Wildman–Crippen LogP) is 2.57. The maximum Gasteiger partial charge on any atom is 0.498 e. The molecule has 1 N–H and O–H groups in total. The maximum absolute atomic E-state index is 12.0. The molecule has 25 heavy (non-hydrogen) atoms. The van der Waals surface area contributed by atoms with Crippen molar-refractivity contribution in [1.82, 2.24) is 9.78 Å². The minimum absolute atomic E-state index is 0.114. The Balaban J connectivity index is 1.88. The molecule has 0 amide bonds. The van der Waals surface area contributed by atoms with Crippen LogP contribution in [0.4, 0.5) is 0 Å². The highest BCUT2D eigenvalue weighted by molar-refractivity contribution is 7.52. The molecule has 2 heterocycles. The summed E-state index contributed by atoms with van der Waals surface area (Å²) in [4.78, 5) is 9.85. The van der Waals surface area contributed by atoms with Gasteiger partial charge in [0.05, 0.1) is 23.5 Å². The summed E-state index contributed by atoms with van der Waals surface area (Å²) in [5.74, 6) is 0. The Hall–Kier alpha value is -0.655. The largest absolute Gasteiger partial charge is 0.498 e. The van der Waals surface area contributed by atoms with Crippen LogP contribution in [0.1, 0.15) is 54.4 Å². The van der Waals surface area contributed by atoms with Gasteiger partial charge in [0.15, 0.2) is 0 Å². The molecule has 1 aliphatic heterocycles. The zero-order valence-corrected chi connectivity index (χ0v) is 17.0. The van der Waals surface area contributed by atoms with Crippen LogP contribution < -0.4 is 5.46 Å². The summed E-state index contributed by atoms with van der Waals surface area (Å²) in [5, 5.41) is 4.30. The summed E-state index contributed by atoms with van der Waals surface area (Å²) in [5.41, 5.74) is 0.0643. The zero-order chi connectivity index (χ0) is 18.9. The molecule has 1 saturated heterocycles. The van der Waals surface area contributed by atoms with Gasteiger partial charge in [-0.2, -0.15) is 5.10 Å². The fourth-order valence-electron chi connectivity index (χ4n) is 2.44. The van der Waals surface area contributed by atoms with Crippen LogP contribution in [0.3, 0.4) is 0 Å². The van der Waals surface area contributed by atoms with Crippen LogP contribution in [0, 0.1) is 0 Å². The van der Waals surface area contributed by atoms with Gasteiger partial charge >= 0.3 is 14.7 Å². The summed E-state index contributed by atoms with van der Waals surface area (Å²) in [7, 11) is -3.99. The van der Waals surface area contributed by atoms with Crippen LogP contribution in [-0.2, 0) is 24.9 Å². The molecular formula is C16H30BN2O5P. The van der Waals surface area contributed by atoms with Gasteiger partial charge < -0.3 is 18.7 Å². The van der Waals surface area contributed by atoms with Gasteiger partial charge in [-0.1, -0.05) is 6.92 Å². The van der Waals surface area contributed by atoms with Gasteiger partial charge in [-0.3, -0.25) is 9.25 Å². The molecule has 142 valence electrons. The molecule has 2 rings (SSSR count). The molecule has 0 saturated carbocycles. The number of nitrogens with zero attached hydrogens (tertiary/aromatic N) is 2. The van der Waals surface area contributed by atoms with Gasteiger partial charge in [0.1, 0.15) is 0 Å². The fraction of sp³-hybridized carbons (Fsp3) is 0.812. The normalized spacial score (nSPS) is 22.8. The molecule has 1 aromatic heterocycles. The van der Waals surface area contributed by atoms with E-state index in [4.69, 9.17) is 13.8 Å². The van der Waals surface area contributed by atoms with Gasteiger partial charge in [-0.15, -0.1) is 0 Å². The average molecular weight is 372 g/mol. The highest BCUT2D eigenvalue weighted by atomic mass is 31.2. The van der Waals surface area contributed by atoms with E-state index in [0.717, 1.165) is 5.46 Å². The first kappa shape index (κ1) is 20.7. The first-order valence-corrected chi connectivity index (χ1v) is 10.6. The molecular weight excluding hydrogens is 342 g/mol. The third kappa shape index (κ3) is 5.17. The second-order valence-corrected chi connectivity index (χ2v) is 9.60. The van der Waals surface area contributed by atoms with E-state index in [9.17, 15) is 9.46 Å². The Bertz CT molecular complexity index is 618. The van der Waals surface area contributed by atoms with E-state index in [1.165, 1.54) is 0 Å². The quantitative estimate of drug-likeness (QED) is 0.558. The van der Waals surface area contributed by atoms with Gasteiger partial charge in [-0.05, 0) is 47.5 Å². The Morgan fingerprint density at radius 1 is 1.36 bits per heavy atom. The summed E-state index contributed by atoms with van der Waals surface area (Å²) < 4.78 is 30.9. The van der Waals surface area contributed by atoms with Crippen LogP contribution in [0.5, 0.6) is 0 Å². The molecule has 0 bridgehead atoms. The molecule has 1 fully saturated rings. The maximum atomic E-state index is 12.0. The molecule has 2 unspecified atom stereocenters. The van der Waals surface area contributed by atoms with Crippen molar-refractivity contribution in [3.63, 3.8) is 0 Å². The number of hydrogen-bond acceptors (Lipinski definition) is 5. The lowest BCUT2D eigenvalue weighted by atomic mass is 9.82. The molecule has 0 radical (unpaired) electrons. The fourth-order valence-corrected chi connectivity index (χ4v) is 3.80. The number of rotatable bonds is 8. The molecule has 7 nitrogen and oxygen atoms in total. The third-order valence-corrected chi connectivity index (χ3v) is 6.50. The standard InChI is InChI=1S/C16H30BN2O5P/c1-7-13(2)22-25(20,21)10-8-9-19-12-14(11-18-19)17-23-15(3,4)16(5,6)24-17/h11-13H,7-10H2,1-6H3,(H,20,21). The Kier molecular flexibility index (Phi) is 6.22. The number of aryl methyl sites for hydroxylation is 1. The van der Waals surface area contributed by atoms with Gasteiger partial charge in [0.25, 0.3) is 0 Å². The predicted molar refractivity (Wildman–Crippen MR) is 98.1 cm³/mol.